The Morgan fingerprint density at radius 3 is 2.95 bits per heavy atom. The second-order valence-electron chi connectivity index (χ2n) is 5.18. The van der Waals surface area contributed by atoms with E-state index in [-0.39, 0.29) is 12.0 Å². The fourth-order valence-corrected chi connectivity index (χ4v) is 2.55. The van der Waals surface area contributed by atoms with Crippen molar-refractivity contribution < 1.29 is 9.53 Å². The normalized spacial score (nSPS) is 18.8. The first kappa shape index (κ1) is 13.8. The van der Waals surface area contributed by atoms with Crippen LogP contribution in [0.4, 0.5) is 0 Å². The maximum atomic E-state index is 12.5. The Morgan fingerprint density at radius 2 is 2.24 bits per heavy atom. The smallest absolute Gasteiger partial charge is 0.272 e. The van der Waals surface area contributed by atoms with E-state index < -0.39 is 0 Å². The van der Waals surface area contributed by atoms with Crippen LogP contribution < -0.4 is 0 Å². The predicted octanol–water partition coefficient (Wildman–Crippen LogP) is 1.34. The number of amides is 1. The molecule has 21 heavy (non-hydrogen) atoms. The highest BCUT2D eigenvalue weighted by Gasteiger charge is 2.27. The van der Waals surface area contributed by atoms with Crippen molar-refractivity contribution >= 4 is 5.91 Å². The van der Waals surface area contributed by atoms with E-state index in [0.29, 0.717) is 25.4 Å². The molecule has 6 heteroatoms. The molecule has 3 rings (SSSR count). The summed E-state index contributed by atoms with van der Waals surface area (Å²) in [6, 6.07) is 5.68. The molecule has 1 aliphatic heterocycles. The summed E-state index contributed by atoms with van der Waals surface area (Å²) in [6.45, 7) is 3.64. The molecule has 1 amide bonds. The lowest BCUT2D eigenvalue weighted by molar-refractivity contribution is -0.0232. The lowest BCUT2D eigenvalue weighted by Crippen LogP contribution is -2.42. The van der Waals surface area contributed by atoms with Gasteiger partial charge in [-0.1, -0.05) is 0 Å². The number of rotatable bonds is 2. The van der Waals surface area contributed by atoms with Gasteiger partial charge in [0.25, 0.3) is 5.91 Å². The van der Waals surface area contributed by atoms with Crippen LogP contribution in [0.5, 0.6) is 0 Å². The number of nitrogens with zero attached hydrogens (tertiary/aromatic N) is 4. The van der Waals surface area contributed by atoms with E-state index in [1.807, 2.05) is 24.0 Å². The number of carbonyl (C=O) groups excluding carboxylic acids is 1. The van der Waals surface area contributed by atoms with Crippen molar-refractivity contribution in [1.82, 2.24) is 19.7 Å². The minimum Gasteiger partial charge on any atom is -0.370 e. The van der Waals surface area contributed by atoms with E-state index in [9.17, 15) is 4.79 Å². The zero-order valence-electron chi connectivity index (χ0n) is 12.2. The molecule has 0 aliphatic carbocycles. The van der Waals surface area contributed by atoms with E-state index >= 15 is 0 Å². The summed E-state index contributed by atoms with van der Waals surface area (Å²) in [7, 11) is 1.78. The third-order valence-corrected chi connectivity index (χ3v) is 3.69. The maximum absolute atomic E-state index is 12.5. The predicted molar refractivity (Wildman–Crippen MR) is 76.8 cm³/mol. The Morgan fingerprint density at radius 1 is 1.38 bits per heavy atom. The standard InChI is InChI=1S/C15H18N4O2/c1-11-9-12(3-5-16-11)14-10-19(7-8-21-14)15(20)13-4-6-17-18(13)2/h3-6,9,14H,7-8,10H2,1-2H3/t14-/m0/s1. The Bertz CT molecular complexity index is 653. The molecule has 110 valence electrons. The molecule has 1 saturated heterocycles. The van der Waals surface area contributed by atoms with E-state index in [1.54, 1.807) is 30.2 Å². The van der Waals surface area contributed by atoms with Gasteiger partial charge in [-0.25, -0.2) is 0 Å². The first-order valence-corrected chi connectivity index (χ1v) is 6.96. The molecule has 2 aromatic heterocycles. The van der Waals surface area contributed by atoms with Gasteiger partial charge in [-0.2, -0.15) is 5.10 Å². The largest absolute Gasteiger partial charge is 0.370 e. The van der Waals surface area contributed by atoms with Crippen molar-refractivity contribution in [2.75, 3.05) is 19.7 Å². The Kier molecular flexibility index (Phi) is 3.70. The maximum Gasteiger partial charge on any atom is 0.272 e. The number of pyridine rings is 1. The van der Waals surface area contributed by atoms with Crippen molar-refractivity contribution in [1.29, 1.82) is 0 Å². The van der Waals surface area contributed by atoms with Gasteiger partial charge in [-0.05, 0) is 30.7 Å². The molecule has 0 N–H and O–H groups in total. The SMILES string of the molecule is Cc1cc([C@@H]2CN(C(=O)c3ccnn3C)CCO2)ccn1. The van der Waals surface area contributed by atoms with Gasteiger partial charge in [0, 0.05) is 31.7 Å². The Balaban J connectivity index is 1.77. The highest BCUT2D eigenvalue weighted by molar-refractivity contribution is 5.92. The van der Waals surface area contributed by atoms with Crippen molar-refractivity contribution in [3.8, 4) is 0 Å². The van der Waals surface area contributed by atoms with Crippen LogP contribution in [0, 0.1) is 6.92 Å². The number of hydrogen-bond acceptors (Lipinski definition) is 4. The second-order valence-corrected chi connectivity index (χ2v) is 5.18. The van der Waals surface area contributed by atoms with Crippen LogP contribution >= 0.6 is 0 Å². The monoisotopic (exact) mass is 286 g/mol. The third kappa shape index (κ3) is 2.80. The summed E-state index contributed by atoms with van der Waals surface area (Å²) in [5, 5.41) is 4.05. The third-order valence-electron chi connectivity index (χ3n) is 3.69. The average molecular weight is 286 g/mol. The fourth-order valence-electron chi connectivity index (χ4n) is 2.55. The first-order valence-electron chi connectivity index (χ1n) is 6.96. The zero-order chi connectivity index (χ0) is 14.8. The van der Waals surface area contributed by atoms with Crippen molar-refractivity contribution in [2.45, 2.75) is 13.0 Å². The summed E-state index contributed by atoms with van der Waals surface area (Å²) in [5.74, 6) is -0.00548. The highest BCUT2D eigenvalue weighted by Crippen LogP contribution is 2.23. The van der Waals surface area contributed by atoms with Crippen LogP contribution in [0.1, 0.15) is 27.8 Å². The van der Waals surface area contributed by atoms with Gasteiger partial charge in [-0.15, -0.1) is 0 Å². The number of morpholine rings is 1. The first-order chi connectivity index (χ1) is 10.1. The topological polar surface area (TPSA) is 60.2 Å². The minimum absolute atomic E-state index is 0.00548. The van der Waals surface area contributed by atoms with E-state index in [0.717, 1.165) is 11.3 Å². The molecule has 0 saturated carbocycles. The molecule has 0 aromatic carbocycles. The van der Waals surface area contributed by atoms with Gasteiger partial charge in [-0.3, -0.25) is 14.5 Å². The van der Waals surface area contributed by atoms with Gasteiger partial charge >= 0.3 is 0 Å². The van der Waals surface area contributed by atoms with Crippen molar-refractivity contribution in [3.05, 3.63) is 47.5 Å². The molecule has 0 unspecified atom stereocenters. The van der Waals surface area contributed by atoms with Gasteiger partial charge in [0.05, 0.1) is 13.2 Å². The number of ether oxygens (including phenoxy) is 1. The lowest BCUT2D eigenvalue weighted by atomic mass is 10.1. The molecule has 2 aromatic rings. The molecular weight excluding hydrogens is 268 g/mol. The van der Waals surface area contributed by atoms with Crippen LogP contribution in [-0.4, -0.2) is 45.3 Å². The molecule has 0 bridgehead atoms. The van der Waals surface area contributed by atoms with Crippen LogP contribution in [0.2, 0.25) is 0 Å². The second kappa shape index (κ2) is 5.65. The molecule has 1 aliphatic rings. The summed E-state index contributed by atoms with van der Waals surface area (Å²) in [6.07, 6.45) is 3.31. The Labute approximate surface area is 123 Å². The Hall–Kier alpha value is -2.21. The molecule has 0 spiro atoms. The van der Waals surface area contributed by atoms with Gasteiger partial charge < -0.3 is 9.64 Å². The summed E-state index contributed by atoms with van der Waals surface area (Å²) in [4.78, 5) is 18.5. The molecule has 6 nitrogen and oxygen atoms in total. The van der Waals surface area contributed by atoms with Gasteiger partial charge in [0.2, 0.25) is 0 Å². The zero-order valence-corrected chi connectivity index (χ0v) is 12.2. The van der Waals surface area contributed by atoms with E-state index in [4.69, 9.17) is 4.74 Å². The molecule has 0 radical (unpaired) electrons. The van der Waals surface area contributed by atoms with Crippen LogP contribution in [-0.2, 0) is 11.8 Å². The fraction of sp³-hybridized carbons (Fsp3) is 0.400. The number of carbonyl (C=O) groups is 1. The number of aromatic nitrogens is 3. The lowest BCUT2D eigenvalue weighted by Gasteiger charge is -2.33. The van der Waals surface area contributed by atoms with Crippen LogP contribution in [0.25, 0.3) is 0 Å². The van der Waals surface area contributed by atoms with Crippen LogP contribution in [0.3, 0.4) is 0 Å². The number of aryl methyl sites for hydroxylation is 2. The summed E-state index contributed by atoms with van der Waals surface area (Å²) < 4.78 is 7.40. The van der Waals surface area contributed by atoms with Crippen molar-refractivity contribution in [3.63, 3.8) is 0 Å². The quantitative estimate of drug-likeness (QED) is 0.836. The molecular formula is C15H18N4O2. The van der Waals surface area contributed by atoms with Gasteiger partial charge in [0.1, 0.15) is 11.8 Å². The highest BCUT2D eigenvalue weighted by atomic mass is 16.5. The average Bonchev–Trinajstić information content (AvgIpc) is 2.93. The molecule has 3 heterocycles. The van der Waals surface area contributed by atoms with E-state index in [1.165, 1.54) is 0 Å². The molecule has 1 fully saturated rings. The number of hydrogen-bond donors (Lipinski definition) is 0. The molecule has 1 atom stereocenters. The minimum atomic E-state index is -0.0994. The summed E-state index contributed by atoms with van der Waals surface area (Å²) >= 11 is 0. The van der Waals surface area contributed by atoms with Crippen LogP contribution in [0.15, 0.2) is 30.6 Å². The summed E-state index contributed by atoms with van der Waals surface area (Å²) in [5.41, 5.74) is 2.61. The van der Waals surface area contributed by atoms with Crippen molar-refractivity contribution in [2.24, 2.45) is 7.05 Å². The van der Waals surface area contributed by atoms with E-state index in [2.05, 4.69) is 10.1 Å². The van der Waals surface area contributed by atoms with Gasteiger partial charge in [0.15, 0.2) is 0 Å².